The van der Waals surface area contributed by atoms with Crippen LogP contribution >= 0.6 is 0 Å². The van der Waals surface area contributed by atoms with Crippen molar-refractivity contribution in [2.45, 2.75) is 269 Å². The topological polar surface area (TPSA) is 199 Å². The molecule has 3 fully saturated rings. The Morgan fingerprint density at radius 1 is 0.385 bits per heavy atom. The summed E-state index contributed by atoms with van der Waals surface area (Å²) in [7, 11) is 7.37. The van der Waals surface area contributed by atoms with Crippen molar-refractivity contribution in [3.63, 3.8) is 0 Å². The molecule has 4 heterocycles. The second-order valence-electron chi connectivity index (χ2n) is 22.7. The lowest BCUT2D eigenvalue weighted by molar-refractivity contribution is 0.253. The van der Waals surface area contributed by atoms with Crippen LogP contribution in [0.25, 0.3) is 0 Å². The highest BCUT2D eigenvalue weighted by molar-refractivity contribution is 5.76. The lowest BCUT2D eigenvalue weighted by Gasteiger charge is -2.35. The molecule has 0 saturated heterocycles. The standard InChI is InChI=1S/C16H24N4.C15H26N4.C15H20N4.C14H24N4.8C2H6.4B/c1-9(2)13-11-5-6-12(7-11)14(13)19-15-10(3)8-18-16(17-4)20-15;2*1-10(2)12-7-5-6-8-13(12)18-14-11(3)9-17-15(16-4)19-14;1-9(2)11-6-5-7-12(11)17-13-10(3)8-16-14(15-4)18-13;8*1-2;;;;/h5-6,8-9,11-14H,7H2,1-4H3,(H2,17,18,19,20);9-10,12-13H,5-8H2,1-4H3,(H2,16,17,18,19);5-10H,1-4H3,(H2,16,17,18,19);8-9,11-12H,5-7H2,1-4H3,(H2,15,16,17,18);8*1-2H3;;;;. The summed E-state index contributed by atoms with van der Waals surface area (Å²) < 4.78 is 0. The van der Waals surface area contributed by atoms with Crippen LogP contribution in [0.1, 0.15) is 251 Å². The van der Waals surface area contributed by atoms with Crippen molar-refractivity contribution in [1.82, 2.24) is 39.9 Å². The molecule has 2 bridgehead atoms. The molecule has 1 aromatic carbocycles. The van der Waals surface area contributed by atoms with E-state index in [1.165, 1.54) is 56.9 Å². The third-order valence-electron chi connectivity index (χ3n) is 16.0. The van der Waals surface area contributed by atoms with Crippen LogP contribution in [-0.4, -0.2) is 120 Å². The van der Waals surface area contributed by atoms with E-state index in [2.05, 4.69) is 189 Å². The number of aromatic nitrogens is 8. The third kappa shape index (κ3) is 34.4. The Balaban J connectivity index is -0.000000203. The predicted octanol–water partition coefficient (Wildman–Crippen LogP) is 20.0. The highest BCUT2D eigenvalue weighted by Gasteiger charge is 2.46. The maximum atomic E-state index is 4.57. The zero-order chi connectivity index (χ0) is 71.1. The average molecular weight is 1320 g/mol. The zero-order valence-electron chi connectivity index (χ0n) is 67.2. The first-order chi connectivity index (χ1) is 44.4. The highest BCUT2D eigenvalue weighted by Crippen LogP contribution is 2.48. The molecule has 8 N–H and O–H groups in total. The van der Waals surface area contributed by atoms with E-state index in [0.29, 0.717) is 65.6 Å². The van der Waals surface area contributed by atoms with E-state index in [4.69, 9.17) is 0 Å². The molecule has 4 aromatic heterocycles. The average Bonchev–Trinajstić information content (AvgIpc) is 1.79. The molecule has 4 aliphatic rings. The minimum atomic E-state index is 0. The Bertz CT molecular complexity index is 2640. The fourth-order valence-electron chi connectivity index (χ4n) is 11.6. The van der Waals surface area contributed by atoms with Crippen molar-refractivity contribution >= 4 is 86.4 Å². The van der Waals surface area contributed by atoms with Crippen LogP contribution in [0.4, 0.5) is 52.8 Å². The van der Waals surface area contributed by atoms with Gasteiger partial charge in [0.05, 0.1) is 0 Å². The number of nitrogens with one attached hydrogen (secondary N) is 8. The molecule has 8 atom stereocenters. The van der Waals surface area contributed by atoms with Crippen molar-refractivity contribution in [1.29, 1.82) is 0 Å². The van der Waals surface area contributed by atoms with Crippen LogP contribution in [0.15, 0.2) is 61.2 Å². The number of benzene rings is 1. The van der Waals surface area contributed by atoms with Crippen LogP contribution in [-0.2, 0) is 0 Å². The maximum Gasteiger partial charge on any atom is 0.224 e. The minimum Gasteiger partial charge on any atom is -0.367 e. The highest BCUT2D eigenvalue weighted by atomic mass is 15.2. The summed E-state index contributed by atoms with van der Waals surface area (Å²) in [6.45, 7) is 58.5. The number of para-hydroxylation sites is 1. The van der Waals surface area contributed by atoms with E-state index < -0.39 is 0 Å². The quantitative estimate of drug-likeness (QED) is 0.0342. The Kier molecular flexibility index (Phi) is 66.0. The summed E-state index contributed by atoms with van der Waals surface area (Å²) in [5.74, 6) is 12.7. The van der Waals surface area contributed by atoms with Crippen molar-refractivity contribution in [2.24, 2.45) is 47.3 Å². The summed E-state index contributed by atoms with van der Waals surface area (Å²) in [5, 5.41) is 26.4. The van der Waals surface area contributed by atoms with Crippen LogP contribution in [0.3, 0.4) is 0 Å². The number of hydrogen-bond donors (Lipinski definition) is 8. The zero-order valence-corrected chi connectivity index (χ0v) is 67.2. The van der Waals surface area contributed by atoms with Gasteiger partial charge in [-0.05, 0) is 125 Å². The number of aryl methyl sites for hydroxylation is 4. The van der Waals surface area contributed by atoms with Gasteiger partial charge in [-0.25, -0.2) is 19.9 Å². The van der Waals surface area contributed by atoms with Gasteiger partial charge in [-0.2, -0.15) is 19.9 Å². The molecule has 3 saturated carbocycles. The fourth-order valence-corrected chi connectivity index (χ4v) is 11.6. The van der Waals surface area contributed by atoms with E-state index in [1.807, 2.05) is 177 Å². The molecular weight excluding hydrogens is 1180 g/mol. The summed E-state index contributed by atoms with van der Waals surface area (Å²) in [5.41, 5.74) is 6.75. The van der Waals surface area contributed by atoms with Gasteiger partial charge in [0, 0.05) is 133 Å². The molecule has 4 aliphatic carbocycles. The number of allylic oxidation sites excluding steroid dienone is 1. The van der Waals surface area contributed by atoms with Gasteiger partial charge < -0.3 is 42.5 Å². The summed E-state index contributed by atoms with van der Waals surface area (Å²) >= 11 is 0. The van der Waals surface area contributed by atoms with Gasteiger partial charge in [-0.3, -0.25) is 0 Å². The van der Waals surface area contributed by atoms with Gasteiger partial charge in [0.15, 0.2) is 0 Å². The van der Waals surface area contributed by atoms with Crippen molar-refractivity contribution in [3.05, 3.63) is 89.0 Å². The van der Waals surface area contributed by atoms with Gasteiger partial charge in [-0.15, -0.1) is 0 Å². The Morgan fingerprint density at radius 2 is 0.708 bits per heavy atom. The van der Waals surface area contributed by atoms with Crippen molar-refractivity contribution in [2.75, 3.05) is 70.7 Å². The molecular formula is C76H142B4N16. The number of fused-ring (bicyclic) bond motifs is 2. The molecule has 5 aromatic rings. The van der Waals surface area contributed by atoms with Gasteiger partial charge in [0.25, 0.3) is 0 Å². The number of rotatable bonds is 16. The molecule has 0 aliphatic heterocycles. The number of anilines is 9. The third-order valence-corrected chi connectivity index (χ3v) is 16.0. The first-order valence-corrected chi connectivity index (χ1v) is 36.3. The molecule has 538 valence electrons. The normalized spacial score (nSPS) is 18.1. The number of nitrogens with zero attached hydrogens (tertiary/aromatic N) is 8. The minimum absolute atomic E-state index is 0. The molecule has 8 unspecified atom stereocenters. The van der Waals surface area contributed by atoms with E-state index in [9.17, 15) is 0 Å². The molecule has 20 heteroatoms. The van der Waals surface area contributed by atoms with E-state index in [-0.39, 0.29) is 33.7 Å². The number of hydrogen-bond acceptors (Lipinski definition) is 16. The summed E-state index contributed by atoms with van der Waals surface area (Å²) in [6, 6.07) is 9.92. The van der Waals surface area contributed by atoms with Crippen LogP contribution in [0.5, 0.6) is 0 Å². The van der Waals surface area contributed by atoms with Gasteiger partial charge in [-0.1, -0.05) is 216 Å². The molecule has 16 nitrogen and oxygen atoms in total. The molecule has 96 heavy (non-hydrogen) atoms. The monoisotopic (exact) mass is 1320 g/mol. The van der Waals surface area contributed by atoms with Crippen LogP contribution < -0.4 is 42.5 Å². The second kappa shape index (κ2) is 61.3. The largest absolute Gasteiger partial charge is 0.367 e. The fraction of sp³-hybridized carbons (Fsp3) is 0.684. The summed E-state index contributed by atoms with van der Waals surface area (Å²) in [6.07, 6.45) is 22.7. The SMILES string of the molecule is CC.CC.CC.CC.CC.CC.CC.CC.CNc1ncc(C)c(NC2C3C=CC(C3)C2C(C)C)n1.CNc1ncc(C)c(NC2CCCC2C(C)C)n1.CNc1ncc(C)c(NC2CCCCC2C(C)C)n1.CNc1ncc(C)c(Nc2ccccc2C(C)C)n1.[B].[B].[B].[B]. The van der Waals surface area contributed by atoms with E-state index >= 15 is 0 Å². The molecule has 0 spiro atoms. The van der Waals surface area contributed by atoms with E-state index in [0.717, 1.165) is 80.8 Å². The van der Waals surface area contributed by atoms with E-state index in [1.54, 1.807) is 0 Å². The smallest absolute Gasteiger partial charge is 0.224 e. The first-order valence-electron chi connectivity index (χ1n) is 36.3. The molecule has 9 rings (SSSR count). The van der Waals surface area contributed by atoms with Crippen LogP contribution in [0.2, 0.25) is 0 Å². The molecule has 0 amide bonds. The molecule has 12 radical (unpaired) electrons. The lowest BCUT2D eigenvalue weighted by atomic mass is 9.78. The van der Waals surface area contributed by atoms with Crippen molar-refractivity contribution < 1.29 is 0 Å². The van der Waals surface area contributed by atoms with Crippen LogP contribution in [0, 0.1) is 75.0 Å². The van der Waals surface area contributed by atoms with Gasteiger partial charge in [0.2, 0.25) is 23.8 Å². The van der Waals surface area contributed by atoms with Crippen molar-refractivity contribution in [3.8, 4) is 0 Å². The summed E-state index contributed by atoms with van der Waals surface area (Å²) in [4.78, 5) is 35.0. The second-order valence-corrected chi connectivity index (χ2v) is 22.7. The maximum absolute atomic E-state index is 4.57. The predicted molar refractivity (Wildman–Crippen MR) is 433 cm³/mol. The van der Waals surface area contributed by atoms with Gasteiger partial charge >= 0.3 is 0 Å². The van der Waals surface area contributed by atoms with Gasteiger partial charge in [0.1, 0.15) is 23.3 Å². The Labute approximate surface area is 599 Å². The Hall–Kier alpha value is -6.06. The first kappa shape index (κ1) is 103. The lowest BCUT2D eigenvalue weighted by Crippen LogP contribution is -2.36. The Morgan fingerprint density at radius 3 is 1.07 bits per heavy atom.